The highest BCUT2D eigenvalue weighted by Crippen LogP contribution is 2.21. The maximum absolute atomic E-state index is 12.1. The number of furan rings is 1. The van der Waals surface area contributed by atoms with Crippen LogP contribution in [0.15, 0.2) is 22.8 Å². The van der Waals surface area contributed by atoms with Crippen LogP contribution in [0.4, 0.5) is 0 Å². The van der Waals surface area contributed by atoms with Crippen LogP contribution in [0.25, 0.3) is 0 Å². The first kappa shape index (κ1) is 14.8. The second-order valence-corrected chi connectivity index (χ2v) is 5.70. The molecule has 0 bridgehead atoms. The molecule has 1 aromatic heterocycles. The zero-order chi connectivity index (χ0) is 14.7. The van der Waals surface area contributed by atoms with Crippen LogP contribution in [-0.4, -0.2) is 45.1 Å². The number of aliphatic carboxylic acids is 1. The van der Waals surface area contributed by atoms with E-state index in [1.165, 1.54) is 17.2 Å². The molecule has 1 fully saturated rings. The number of carboxylic acid groups (broad SMARTS) is 1. The third-order valence-electron chi connectivity index (χ3n) is 3.26. The summed E-state index contributed by atoms with van der Waals surface area (Å²) in [5.74, 6) is -1.48. The van der Waals surface area contributed by atoms with Gasteiger partial charge in [0.2, 0.25) is 11.7 Å². The number of ketones is 1. The van der Waals surface area contributed by atoms with E-state index in [1.54, 1.807) is 6.07 Å². The van der Waals surface area contributed by atoms with Gasteiger partial charge in [-0.05, 0) is 25.0 Å². The highest BCUT2D eigenvalue weighted by molar-refractivity contribution is 9.10. The summed E-state index contributed by atoms with van der Waals surface area (Å²) >= 11 is 3.16. The fraction of sp³-hybridized carbons (Fsp3) is 0.462. The molecular weight excluding hydrogens is 330 g/mol. The molecule has 20 heavy (non-hydrogen) atoms. The molecule has 0 aliphatic carbocycles. The fourth-order valence-corrected chi connectivity index (χ4v) is 2.76. The van der Waals surface area contributed by atoms with Gasteiger partial charge in [0.25, 0.3) is 0 Å². The molecule has 1 unspecified atom stereocenters. The van der Waals surface area contributed by atoms with Crippen molar-refractivity contribution in [1.82, 2.24) is 4.90 Å². The van der Waals surface area contributed by atoms with Crippen LogP contribution in [0.3, 0.4) is 0 Å². The molecule has 1 aliphatic rings. The van der Waals surface area contributed by atoms with E-state index in [9.17, 15) is 14.4 Å². The van der Waals surface area contributed by atoms with Crippen LogP contribution >= 0.6 is 15.9 Å². The highest BCUT2D eigenvalue weighted by Gasteiger charge is 2.35. The van der Waals surface area contributed by atoms with Gasteiger partial charge >= 0.3 is 5.97 Å². The van der Waals surface area contributed by atoms with Crippen LogP contribution in [0.2, 0.25) is 0 Å². The van der Waals surface area contributed by atoms with Crippen molar-refractivity contribution in [3.63, 3.8) is 0 Å². The van der Waals surface area contributed by atoms with E-state index in [4.69, 9.17) is 9.52 Å². The predicted octanol–water partition coefficient (Wildman–Crippen LogP) is 1.69. The molecule has 1 aromatic rings. The number of alkyl halides is 1. The number of likely N-dealkylation sites (tertiary alicyclic amines) is 1. The van der Waals surface area contributed by atoms with Crippen LogP contribution in [-0.2, 0) is 9.59 Å². The molecule has 108 valence electrons. The lowest BCUT2D eigenvalue weighted by Crippen LogP contribution is -2.41. The van der Waals surface area contributed by atoms with Gasteiger partial charge in [-0.1, -0.05) is 15.9 Å². The molecule has 0 spiro atoms. The van der Waals surface area contributed by atoms with Crippen molar-refractivity contribution in [2.45, 2.75) is 30.1 Å². The number of carbonyl (C=O) groups is 3. The Labute approximate surface area is 123 Å². The lowest BCUT2D eigenvalue weighted by Gasteiger charge is -2.22. The molecular formula is C13H14BrNO5. The van der Waals surface area contributed by atoms with E-state index in [2.05, 4.69) is 15.9 Å². The summed E-state index contributed by atoms with van der Waals surface area (Å²) in [6, 6.07) is 2.34. The van der Waals surface area contributed by atoms with Crippen molar-refractivity contribution < 1.29 is 23.9 Å². The van der Waals surface area contributed by atoms with Gasteiger partial charge in [0.05, 0.1) is 11.1 Å². The van der Waals surface area contributed by atoms with Crippen LogP contribution in [0, 0.1) is 0 Å². The minimum absolute atomic E-state index is 0.0800. The lowest BCUT2D eigenvalue weighted by molar-refractivity contribution is -0.148. The highest BCUT2D eigenvalue weighted by atomic mass is 79.9. The first-order chi connectivity index (χ1) is 9.50. The second kappa shape index (κ2) is 6.21. The minimum Gasteiger partial charge on any atom is -0.480 e. The van der Waals surface area contributed by atoms with E-state index in [0.717, 1.165) is 0 Å². The van der Waals surface area contributed by atoms with Gasteiger partial charge in [0, 0.05) is 13.0 Å². The number of amides is 1. The van der Waals surface area contributed by atoms with Crippen LogP contribution < -0.4 is 0 Å². The molecule has 6 nitrogen and oxygen atoms in total. The number of halogens is 1. The maximum atomic E-state index is 12.1. The summed E-state index contributed by atoms with van der Waals surface area (Å²) in [6.45, 7) is 0.421. The molecule has 1 saturated heterocycles. The molecule has 1 amide bonds. The molecule has 0 saturated carbocycles. The Morgan fingerprint density at radius 1 is 1.50 bits per heavy atom. The van der Waals surface area contributed by atoms with Crippen molar-refractivity contribution in [3.05, 3.63) is 24.2 Å². The normalized spacial score (nSPS) is 19.9. The Balaban J connectivity index is 1.97. The zero-order valence-corrected chi connectivity index (χ0v) is 12.2. The smallest absolute Gasteiger partial charge is 0.326 e. The molecule has 2 atom stereocenters. The number of carboxylic acids is 1. The number of rotatable bonds is 5. The van der Waals surface area contributed by atoms with Gasteiger partial charge in [-0.25, -0.2) is 4.79 Å². The molecule has 0 aromatic carbocycles. The SMILES string of the molecule is O=C(c1ccco1)C(Br)CC(=O)N1CCC[C@H]1C(=O)O. The average molecular weight is 344 g/mol. The third kappa shape index (κ3) is 3.09. The number of Topliss-reactive ketones (excluding diaryl/α,β-unsaturated/α-hetero) is 1. The van der Waals surface area contributed by atoms with Crippen molar-refractivity contribution in [2.75, 3.05) is 6.54 Å². The second-order valence-electron chi connectivity index (χ2n) is 4.60. The quantitative estimate of drug-likeness (QED) is 0.649. The van der Waals surface area contributed by atoms with Crippen molar-refractivity contribution in [2.24, 2.45) is 0 Å². The Kier molecular flexibility index (Phi) is 4.59. The standard InChI is InChI=1S/C13H14BrNO5/c14-8(12(17)10-4-2-6-20-10)7-11(16)15-5-1-3-9(15)13(18)19/h2,4,6,8-9H,1,3,5,7H2,(H,18,19)/t8?,9-/m0/s1. The van der Waals surface area contributed by atoms with E-state index >= 15 is 0 Å². The number of nitrogens with zero attached hydrogens (tertiary/aromatic N) is 1. The first-order valence-electron chi connectivity index (χ1n) is 6.24. The molecule has 2 heterocycles. The Hall–Kier alpha value is -1.63. The first-order valence-corrected chi connectivity index (χ1v) is 7.16. The Bertz CT molecular complexity index is 513. The molecule has 0 radical (unpaired) electrons. The van der Waals surface area contributed by atoms with E-state index in [-0.39, 0.29) is 23.9 Å². The Morgan fingerprint density at radius 2 is 2.25 bits per heavy atom. The van der Waals surface area contributed by atoms with Gasteiger partial charge < -0.3 is 14.4 Å². The number of hydrogen-bond acceptors (Lipinski definition) is 4. The predicted molar refractivity (Wildman–Crippen MR) is 72.7 cm³/mol. The Morgan fingerprint density at radius 3 is 2.85 bits per heavy atom. The minimum atomic E-state index is -1.00. The van der Waals surface area contributed by atoms with E-state index in [1.807, 2.05) is 0 Å². The van der Waals surface area contributed by atoms with Gasteiger partial charge in [-0.15, -0.1) is 0 Å². The van der Waals surface area contributed by atoms with Gasteiger partial charge in [-0.2, -0.15) is 0 Å². The van der Waals surface area contributed by atoms with E-state index in [0.29, 0.717) is 19.4 Å². The summed E-state index contributed by atoms with van der Waals surface area (Å²) in [5.41, 5.74) is 0. The number of hydrogen-bond donors (Lipinski definition) is 1. The monoisotopic (exact) mass is 343 g/mol. The summed E-state index contributed by atoms with van der Waals surface area (Å²) < 4.78 is 4.98. The van der Waals surface area contributed by atoms with Crippen LogP contribution in [0.1, 0.15) is 29.8 Å². The lowest BCUT2D eigenvalue weighted by atomic mass is 10.1. The van der Waals surface area contributed by atoms with Crippen LogP contribution in [0.5, 0.6) is 0 Å². The molecule has 2 rings (SSSR count). The summed E-state index contributed by atoms with van der Waals surface area (Å²) in [6.07, 6.45) is 2.43. The summed E-state index contributed by atoms with van der Waals surface area (Å²) in [4.78, 5) is 35.7. The summed E-state index contributed by atoms with van der Waals surface area (Å²) in [5, 5.41) is 9.04. The molecule has 1 N–H and O–H groups in total. The largest absolute Gasteiger partial charge is 0.480 e. The van der Waals surface area contributed by atoms with Gasteiger partial charge in [0.1, 0.15) is 6.04 Å². The van der Waals surface area contributed by atoms with Crippen molar-refractivity contribution in [3.8, 4) is 0 Å². The van der Waals surface area contributed by atoms with Crippen molar-refractivity contribution >= 4 is 33.6 Å². The van der Waals surface area contributed by atoms with Crippen molar-refractivity contribution in [1.29, 1.82) is 0 Å². The van der Waals surface area contributed by atoms with E-state index < -0.39 is 16.8 Å². The maximum Gasteiger partial charge on any atom is 0.326 e. The number of carbonyl (C=O) groups excluding carboxylic acids is 2. The van der Waals surface area contributed by atoms with Gasteiger partial charge in [-0.3, -0.25) is 9.59 Å². The fourth-order valence-electron chi connectivity index (χ4n) is 2.26. The summed E-state index contributed by atoms with van der Waals surface area (Å²) in [7, 11) is 0. The zero-order valence-electron chi connectivity index (χ0n) is 10.6. The molecule has 1 aliphatic heterocycles. The molecule has 7 heteroatoms. The third-order valence-corrected chi connectivity index (χ3v) is 4.00. The van der Waals surface area contributed by atoms with Gasteiger partial charge in [0.15, 0.2) is 5.76 Å². The topological polar surface area (TPSA) is 87.8 Å². The average Bonchev–Trinajstić information content (AvgIpc) is 3.08.